The van der Waals surface area contributed by atoms with Crippen molar-refractivity contribution >= 4 is 40.6 Å². The minimum absolute atomic E-state index is 0.0859. The number of carbonyl (C=O) groups excluding carboxylic acids is 1. The standard InChI is InChI=1S/C21H25ClN2O4S/c1-5-27-18-10-7-14(11-19(18)28-6-2)13(3)23-21(29)24-15-8-9-17(22)16(12-15)20(25)26-4/h7-13H,5-6H2,1-4H3,(H2,23,24,29)/t13-/m0/s1. The van der Waals surface area contributed by atoms with Crippen molar-refractivity contribution in [2.24, 2.45) is 0 Å². The Kier molecular flexibility index (Phi) is 8.54. The molecule has 0 saturated heterocycles. The first-order chi connectivity index (χ1) is 13.9. The van der Waals surface area contributed by atoms with E-state index < -0.39 is 5.97 Å². The number of anilines is 1. The third-order valence-corrected chi connectivity index (χ3v) is 4.59. The molecular formula is C21H25ClN2O4S. The van der Waals surface area contributed by atoms with E-state index in [0.29, 0.717) is 40.5 Å². The molecule has 2 rings (SSSR count). The Bertz CT molecular complexity index is 876. The lowest BCUT2D eigenvalue weighted by atomic mass is 10.1. The number of hydrogen-bond donors (Lipinski definition) is 2. The van der Waals surface area contributed by atoms with Crippen molar-refractivity contribution in [1.29, 1.82) is 0 Å². The van der Waals surface area contributed by atoms with Crippen LogP contribution in [-0.4, -0.2) is 31.4 Å². The monoisotopic (exact) mass is 436 g/mol. The van der Waals surface area contributed by atoms with Gasteiger partial charge >= 0.3 is 5.97 Å². The normalized spacial score (nSPS) is 11.3. The molecule has 2 aromatic rings. The lowest BCUT2D eigenvalue weighted by Crippen LogP contribution is -2.31. The molecule has 1 atom stereocenters. The lowest BCUT2D eigenvalue weighted by Gasteiger charge is -2.19. The van der Waals surface area contributed by atoms with E-state index in [0.717, 1.165) is 5.56 Å². The predicted molar refractivity (Wildman–Crippen MR) is 119 cm³/mol. The molecule has 29 heavy (non-hydrogen) atoms. The summed E-state index contributed by atoms with van der Waals surface area (Å²) in [5.74, 6) is 0.894. The smallest absolute Gasteiger partial charge is 0.339 e. The van der Waals surface area contributed by atoms with Gasteiger partial charge in [0.15, 0.2) is 16.6 Å². The first kappa shape index (κ1) is 22.8. The van der Waals surface area contributed by atoms with Gasteiger partial charge in [0, 0.05) is 5.69 Å². The fourth-order valence-electron chi connectivity index (χ4n) is 2.65. The molecule has 6 nitrogen and oxygen atoms in total. The second-order valence-corrected chi connectivity index (χ2v) is 6.89. The molecule has 0 heterocycles. The van der Waals surface area contributed by atoms with Gasteiger partial charge in [-0.05, 0) is 68.9 Å². The van der Waals surface area contributed by atoms with Gasteiger partial charge in [-0.3, -0.25) is 0 Å². The maximum Gasteiger partial charge on any atom is 0.339 e. The van der Waals surface area contributed by atoms with Gasteiger partial charge in [-0.1, -0.05) is 17.7 Å². The van der Waals surface area contributed by atoms with Crippen LogP contribution < -0.4 is 20.1 Å². The number of rotatable bonds is 8. The number of ether oxygens (including phenoxy) is 3. The molecule has 0 amide bonds. The summed E-state index contributed by atoms with van der Waals surface area (Å²) in [4.78, 5) is 11.8. The number of methoxy groups -OCH3 is 1. The van der Waals surface area contributed by atoms with Crippen LogP contribution in [0, 0.1) is 0 Å². The minimum atomic E-state index is -0.510. The average Bonchev–Trinajstić information content (AvgIpc) is 2.70. The van der Waals surface area contributed by atoms with Crippen LogP contribution in [0.15, 0.2) is 36.4 Å². The van der Waals surface area contributed by atoms with E-state index in [1.165, 1.54) is 7.11 Å². The summed E-state index contributed by atoms with van der Waals surface area (Å²) >= 11 is 11.5. The molecule has 0 fully saturated rings. The Hall–Kier alpha value is -2.51. The quantitative estimate of drug-likeness (QED) is 0.447. The molecule has 0 spiro atoms. The Morgan fingerprint density at radius 1 is 1.10 bits per heavy atom. The van der Waals surface area contributed by atoms with E-state index in [1.807, 2.05) is 39.0 Å². The van der Waals surface area contributed by atoms with Gasteiger partial charge in [0.2, 0.25) is 0 Å². The van der Waals surface area contributed by atoms with Crippen LogP contribution in [0.1, 0.15) is 42.7 Å². The Balaban J connectivity index is 2.09. The van der Waals surface area contributed by atoms with Crippen molar-refractivity contribution in [3.63, 3.8) is 0 Å². The van der Waals surface area contributed by atoms with E-state index in [1.54, 1.807) is 18.2 Å². The van der Waals surface area contributed by atoms with Crippen LogP contribution in [0.4, 0.5) is 5.69 Å². The second kappa shape index (κ2) is 10.9. The summed E-state index contributed by atoms with van der Waals surface area (Å²) in [5, 5.41) is 6.99. The summed E-state index contributed by atoms with van der Waals surface area (Å²) < 4.78 is 16.0. The zero-order chi connectivity index (χ0) is 21.4. The molecule has 2 aromatic carbocycles. The number of halogens is 1. The first-order valence-corrected chi connectivity index (χ1v) is 10.0. The van der Waals surface area contributed by atoms with Gasteiger partial charge in [-0.15, -0.1) is 0 Å². The summed E-state index contributed by atoms with van der Waals surface area (Å²) in [6.07, 6.45) is 0. The maximum absolute atomic E-state index is 11.8. The van der Waals surface area contributed by atoms with E-state index in [4.69, 9.17) is 38.0 Å². The maximum atomic E-state index is 11.8. The molecule has 0 bridgehead atoms. The number of carbonyl (C=O) groups is 1. The second-order valence-electron chi connectivity index (χ2n) is 6.08. The van der Waals surface area contributed by atoms with Crippen LogP contribution in [0.2, 0.25) is 5.02 Å². The third kappa shape index (κ3) is 6.24. The fraction of sp³-hybridized carbons (Fsp3) is 0.333. The van der Waals surface area contributed by atoms with Gasteiger partial charge in [0.25, 0.3) is 0 Å². The zero-order valence-corrected chi connectivity index (χ0v) is 18.4. The predicted octanol–water partition coefficient (Wildman–Crippen LogP) is 4.97. The van der Waals surface area contributed by atoms with Crippen molar-refractivity contribution in [3.8, 4) is 11.5 Å². The van der Waals surface area contributed by atoms with Crippen LogP contribution in [-0.2, 0) is 4.74 Å². The van der Waals surface area contributed by atoms with Gasteiger partial charge in [-0.2, -0.15) is 0 Å². The van der Waals surface area contributed by atoms with Crippen LogP contribution in [0.5, 0.6) is 11.5 Å². The highest BCUT2D eigenvalue weighted by atomic mass is 35.5. The molecule has 0 aliphatic rings. The molecule has 156 valence electrons. The van der Waals surface area contributed by atoms with Crippen molar-refractivity contribution < 1.29 is 19.0 Å². The topological polar surface area (TPSA) is 68.8 Å². The molecule has 0 radical (unpaired) electrons. The number of hydrogen-bond acceptors (Lipinski definition) is 5. The summed E-state index contributed by atoms with van der Waals surface area (Å²) in [6, 6.07) is 10.6. The van der Waals surface area contributed by atoms with E-state index in [9.17, 15) is 4.79 Å². The van der Waals surface area contributed by atoms with Crippen LogP contribution in [0.3, 0.4) is 0 Å². The number of thiocarbonyl (C=S) groups is 1. The van der Waals surface area contributed by atoms with Gasteiger partial charge in [-0.25, -0.2) is 4.79 Å². The van der Waals surface area contributed by atoms with Crippen molar-refractivity contribution in [2.75, 3.05) is 25.6 Å². The number of esters is 1. The summed E-state index contributed by atoms with van der Waals surface area (Å²) in [5.41, 5.74) is 1.89. The highest BCUT2D eigenvalue weighted by Crippen LogP contribution is 2.31. The van der Waals surface area contributed by atoms with Crippen molar-refractivity contribution in [2.45, 2.75) is 26.8 Å². The molecule has 0 saturated carbocycles. The van der Waals surface area contributed by atoms with Crippen molar-refractivity contribution in [1.82, 2.24) is 5.32 Å². The highest BCUT2D eigenvalue weighted by molar-refractivity contribution is 7.80. The Morgan fingerprint density at radius 3 is 2.45 bits per heavy atom. The van der Waals surface area contributed by atoms with Gasteiger partial charge in [0.1, 0.15) is 0 Å². The Morgan fingerprint density at radius 2 is 1.79 bits per heavy atom. The highest BCUT2D eigenvalue weighted by Gasteiger charge is 2.14. The van der Waals surface area contributed by atoms with Gasteiger partial charge < -0.3 is 24.8 Å². The lowest BCUT2D eigenvalue weighted by molar-refractivity contribution is 0.0601. The van der Waals surface area contributed by atoms with Crippen LogP contribution in [0.25, 0.3) is 0 Å². The molecule has 2 N–H and O–H groups in total. The molecule has 0 aliphatic heterocycles. The SMILES string of the molecule is CCOc1ccc([C@H](C)NC(=S)Nc2ccc(Cl)c(C(=O)OC)c2)cc1OCC. The molecule has 0 unspecified atom stereocenters. The first-order valence-electron chi connectivity index (χ1n) is 9.24. The van der Waals surface area contributed by atoms with E-state index in [2.05, 4.69) is 10.6 Å². The Labute approximate surface area is 181 Å². The van der Waals surface area contributed by atoms with E-state index in [-0.39, 0.29) is 11.6 Å². The van der Waals surface area contributed by atoms with Crippen molar-refractivity contribution in [3.05, 3.63) is 52.5 Å². The fourth-order valence-corrected chi connectivity index (χ4v) is 3.14. The third-order valence-electron chi connectivity index (χ3n) is 4.04. The molecule has 8 heteroatoms. The zero-order valence-electron chi connectivity index (χ0n) is 16.9. The largest absolute Gasteiger partial charge is 0.490 e. The van der Waals surface area contributed by atoms with Gasteiger partial charge in [0.05, 0.1) is 37.0 Å². The molecule has 0 aromatic heterocycles. The molecule has 0 aliphatic carbocycles. The summed E-state index contributed by atoms with van der Waals surface area (Å²) in [6.45, 7) is 6.96. The van der Waals surface area contributed by atoms with Crippen LogP contribution >= 0.6 is 23.8 Å². The number of nitrogens with one attached hydrogen (secondary N) is 2. The number of benzene rings is 2. The average molecular weight is 437 g/mol. The molecular weight excluding hydrogens is 412 g/mol. The summed E-state index contributed by atoms with van der Waals surface area (Å²) in [7, 11) is 1.31. The van der Waals surface area contributed by atoms with E-state index >= 15 is 0 Å². The minimum Gasteiger partial charge on any atom is -0.490 e.